The van der Waals surface area contributed by atoms with E-state index in [9.17, 15) is 14.0 Å². The van der Waals surface area contributed by atoms with Crippen molar-refractivity contribution in [2.75, 3.05) is 0 Å². The molecule has 4 nitrogen and oxygen atoms in total. The quantitative estimate of drug-likeness (QED) is 0.879. The van der Waals surface area contributed by atoms with E-state index in [1.165, 1.54) is 12.1 Å². The van der Waals surface area contributed by atoms with Crippen molar-refractivity contribution in [3.8, 4) is 0 Å². The summed E-state index contributed by atoms with van der Waals surface area (Å²) in [6.45, 7) is 6.55. The fourth-order valence-corrected chi connectivity index (χ4v) is 1.82. The van der Waals surface area contributed by atoms with Crippen molar-refractivity contribution in [2.24, 2.45) is 5.92 Å². The molecule has 0 bridgehead atoms. The van der Waals surface area contributed by atoms with Gasteiger partial charge < -0.3 is 10.4 Å². The Balaban J connectivity index is 2.98. The van der Waals surface area contributed by atoms with Gasteiger partial charge in [-0.2, -0.15) is 0 Å². The van der Waals surface area contributed by atoms with E-state index in [0.29, 0.717) is 11.1 Å². The molecule has 0 aliphatic carbocycles. The number of carboxylic acid groups (broad SMARTS) is 1. The molecule has 1 aromatic carbocycles. The second-order valence-electron chi connectivity index (χ2n) is 4.96. The second kappa shape index (κ2) is 5.82. The van der Waals surface area contributed by atoms with Gasteiger partial charge in [-0.1, -0.05) is 13.8 Å². The normalized spacial score (nSPS) is 12.3. The molecule has 5 heteroatoms. The summed E-state index contributed by atoms with van der Waals surface area (Å²) in [5.74, 6) is -2.18. The molecule has 0 aliphatic rings. The average molecular weight is 267 g/mol. The molecule has 1 unspecified atom stereocenters. The monoisotopic (exact) mass is 267 g/mol. The molecule has 0 saturated heterocycles. The SMILES string of the molecule is Cc1cc(C(=O)NC(C(=O)O)C(C)C)cc(C)c1F. The van der Waals surface area contributed by atoms with Gasteiger partial charge in [0.25, 0.3) is 5.91 Å². The van der Waals surface area contributed by atoms with E-state index in [4.69, 9.17) is 5.11 Å². The summed E-state index contributed by atoms with van der Waals surface area (Å²) in [6, 6.07) is 1.87. The Labute approximate surface area is 111 Å². The van der Waals surface area contributed by atoms with E-state index >= 15 is 0 Å². The second-order valence-corrected chi connectivity index (χ2v) is 4.96. The summed E-state index contributed by atoms with van der Waals surface area (Å²) >= 11 is 0. The molecule has 0 saturated carbocycles. The van der Waals surface area contributed by atoms with Crippen molar-refractivity contribution in [1.29, 1.82) is 0 Å². The molecule has 0 radical (unpaired) electrons. The van der Waals surface area contributed by atoms with Crippen LogP contribution in [-0.4, -0.2) is 23.0 Å². The Morgan fingerprint density at radius 2 is 1.68 bits per heavy atom. The summed E-state index contributed by atoms with van der Waals surface area (Å²) in [7, 11) is 0. The summed E-state index contributed by atoms with van der Waals surface area (Å²) < 4.78 is 13.5. The summed E-state index contributed by atoms with van der Waals surface area (Å²) in [4.78, 5) is 23.0. The fourth-order valence-electron chi connectivity index (χ4n) is 1.82. The Morgan fingerprint density at radius 3 is 2.05 bits per heavy atom. The van der Waals surface area contributed by atoms with Crippen LogP contribution in [0.2, 0.25) is 0 Å². The number of carbonyl (C=O) groups is 2. The van der Waals surface area contributed by atoms with Crippen LogP contribution in [0.1, 0.15) is 35.3 Å². The van der Waals surface area contributed by atoms with Gasteiger partial charge in [-0.3, -0.25) is 4.79 Å². The number of nitrogens with one attached hydrogen (secondary N) is 1. The summed E-state index contributed by atoms with van der Waals surface area (Å²) in [5, 5.41) is 11.5. The van der Waals surface area contributed by atoms with Gasteiger partial charge in [-0.05, 0) is 43.0 Å². The lowest BCUT2D eigenvalue weighted by Crippen LogP contribution is -2.44. The van der Waals surface area contributed by atoms with E-state index in [1.807, 2.05) is 0 Å². The first-order chi connectivity index (χ1) is 8.73. The molecule has 19 heavy (non-hydrogen) atoms. The van der Waals surface area contributed by atoms with Gasteiger partial charge in [0, 0.05) is 5.56 Å². The van der Waals surface area contributed by atoms with Crippen LogP contribution in [-0.2, 0) is 4.79 Å². The molecule has 0 aromatic heterocycles. The smallest absolute Gasteiger partial charge is 0.326 e. The molecule has 0 heterocycles. The van der Waals surface area contributed by atoms with Gasteiger partial charge in [-0.25, -0.2) is 9.18 Å². The van der Waals surface area contributed by atoms with E-state index in [0.717, 1.165) is 0 Å². The van der Waals surface area contributed by atoms with Crippen molar-refractivity contribution in [2.45, 2.75) is 33.7 Å². The summed E-state index contributed by atoms with van der Waals surface area (Å²) in [6.07, 6.45) is 0. The number of aryl methyl sites for hydroxylation is 2. The van der Waals surface area contributed by atoms with Crippen molar-refractivity contribution < 1.29 is 19.1 Å². The maximum atomic E-state index is 13.5. The zero-order chi connectivity index (χ0) is 14.7. The van der Waals surface area contributed by atoms with Gasteiger partial charge in [-0.15, -0.1) is 0 Å². The van der Waals surface area contributed by atoms with Crippen LogP contribution in [0.3, 0.4) is 0 Å². The standard InChI is InChI=1S/C14H18FNO3/c1-7(2)12(14(18)19)16-13(17)10-5-8(3)11(15)9(4)6-10/h5-7,12H,1-4H3,(H,16,17)(H,18,19). The number of halogens is 1. The molecule has 1 atom stereocenters. The molecule has 0 aliphatic heterocycles. The molecule has 0 spiro atoms. The molecule has 1 aromatic rings. The third-order valence-corrected chi connectivity index (χ3v) is 2.92. The lowest BCUT2D eigenvalue weighted by molar-refractivity contribution is -0.140. The maximum Gasteiger partial charge on any atom is 0.326 e. The van der Waals surface area contributed by atoms with Crippen LogP contribution < -0.4 is 5.32 Å². The third kappa shape index (κ3) is 3.53. The van der Waals surface area contributed by atoms with Crippen LogP contribution >= 0.6 is 0 Å². The number of hydrogen-bond acceptors (Lipinski definition) is 2. The van der Waals surface area contributed by atoms with Crippen LogP contribution in [0.5, 0.6) is 0 Å². The van der Waals surface area contributed by atoms with E-state index < -0.39 is 17.9 Å². The van der Waals surface area contributed by atoms with Crippen LogP contribution in [0.4, 0.5) is 4.39 Å². The first kappa shape index (κ1) is 15.1. The lowest BCUT2D eigenvalue weighted by Gasteiger charge is -2.18. The van der Waals surface area contributed by atoms with E-state index in [-0.39, 0.29) is 17.3 Å². The minimum atomic E-state index is -1.08. The first-order valence-corrected chi connectivity index (χ1v) is 6.04. The van der Waals surface area contributed by atoms with Crippen molar-refractivity contribution >= 4 is 11.9 Å². The zero-order valence-electron chi connectivity index (χ0n) is 11.5. The van der Waals surface area contributed by atoms with Crippen LogP contribution in [0, 0.1) is 25.6 Å². The highest BCUT2D eigenvalue weighted by Gasteiger charge is 2.24. The topological polar surface area (TPSA) is 66.4 Å². The van der Waals surface area contributed by atoms with Gasteiger partial charge in [0.15, 0.2) is 0 Å². The number of amides is 1. The number of carboxylic acids is 1. The molecule has 0 fully saturated rings. The predicted molar refractivity (Wildman–Crippen MR) is 69.6 cm³/mol. The Hall–Kier alpha value is -1.91. The van der Waals surface area contributed by atoms with Crippen LogP contribution in [0.15, 0.2) is 12.1 Å². The Morgan fingerprint density at radius 1 is 1.21 bits per heavy atom. The number of rotatable bonds is 4. The first-order valence-electron chi connectivity index (χ1n) is 6.04. The predicted octanol–water partition coefficient (Wildman–Crippen LogP) is 2.28. The van der Waals surface area contributed by atoms with E-state index in [1.54, 1.807) is 27.7 Å². The Kier molecular flexibility index (Phi) is 4.64. The van der Waals surface area contributed by atoms with Gasteiger partial charge in [0.2, 0.25) is 0 Å². The van der Waals surface area contributed by atoms with Crippen molar-refractivity contribution in [3.63, 3.8) is 0 Å². The fraction of sp³-hybridized carbons (Fsp3) is 0.429. The van der Waals surface area contributed by atoms with Crippen molar-refractivity contribution in [1.82, 2.24) is 5.32 Å². The highest BCUT2D eigenvalue weighted by Crippen LogP contribution is 2.15. The minimum absolute atomic E-state index is 0.232. The lowest BCUT2D eigenvalue weighted by atomic mass is 10.0. The zero-order valence-corrected chi connectivity index (χ0v) is 11.5. The molecule has 1 rings (SSSR count). The highest BCUT2D eigenvalue weighted by atomic mass is 19.1. The minimum Gasteiger partial charge on any atom is -0.480 e. The van der Waals surface area contributed by atoms with Gasteiger partial charge >= 0.3 is 5.97 Å². The van der Waals surface area contributed by atoms with Crippen molar-refractivity contribution in [3.05, 3.63) is 34.6 Å². The van der Waals surface area contributed by atoms with E-state index in [2.05, 4.69) is 5.32 Å². The maximum absolute atomic E-state index is 13.5. The average Bonchev–Trinajstić information content (AvgIpc) is 2.31. The molecule has 1 amide bonds. The number of carbonyl (C=O) groups excluding carboxylic acids is 1. The van der Waals surface area contributed by atoms with Crippen LogP contribution in [0.25, 0.3) is 0 Å². The van der Waals surface area contributed by atoms with Gasteiger partial charge in [0.1, 0.15) is 11.9 Å². The molecular weight excluding hydrogens is 249 g/mol. The highest BCUT2D eigenvalue weighted by molar-refractivity contribution is 5.97. The third-order valence-electron chi connectivity index (χ3n) is 2.92. The molecule has 2 N–H and O–H groups in total. The largest absolute Gasteiger partial charge is 0.480 e. The molecular formula is C14H18FNO3. The number of benzene rings is 1. The number of aliphatic carboxylic acids is 1. The Bertz CT molecular complexity index is 488. The summed E-state index contributed by atoms with van der Waals surface area (Å²) in [5.41, 5.74) is 0.992. The molecule has 104 valence electrons. The number of hydrogen-bond donors (Lipinski definition) is 2. The van der Waals surface area contributed by atoms with Gasteiger partial charge in [0.05, 0.1) is 0 Å².